The number of pyridine rings is 1. The fourth-order valence-corrected chi connectivity index (χ4v) is 6.11. The van der Waals surface area contributed by atoms with E-state index < -0.39 is 31.7 Å². The van der Waals surface area contributed by atoms with Crippen LogP contribution in [0, 0.1) is 5.82 Å². The van der Waals surface area contributed by atoms with Crippen molar-refractivity contribution >= 4 is 38.8 Å². The quantitative estimate of drug-likeness (QED) is 0.593. The maximum absolute atomic E-state index is 15.0. The van der Waals surface area contributed by atoms with Gasteiger partial charge in [-0.05, 0) is 51.1 Å². The van der Waals surface area contributed by atoms with Crippen LogP contribution in [-0.2, 0) is 20.0 Å². The van der Waals surface area contributed by atoms with Crippen LogP contribution >= 0.6 is 11.6 Å². The number of carbonyl (C=O) groups is 1. The van der Waals surface area contributed by atoms with E-state index in [-0.39, 0.29) is 29.4 Å². The summed E-state index contributed by atoms with van der Waals surface area (Å²) in [6.45, 7) is 5.61. The predicted octanol–water partition coefficient (Wildman–Crippen LogP) is 3.61. The first-order valence-corrected chi connectivity index (χ1v) is 12.3. The third kappa shape index (κ3) is 5.02. The van der Waals surface area contributed by atoms with Crippen LogP contribution in [0.15, 0.2) is 45.9 Å². The first kappa shape index (κ1) is 25.1. The van der Waals surface area contributed by atoms with E-state index in [2.05, 4.69) is 19.7 Å². The Morgan fingerprint density at radius 3 is 2.70 bits per heavy atom. The standard InChI is InChI=1S/C22H27ClFN5O3S/c1-21(2)20(25)29-22(3,13-33(21,31)27-9-10-32-4)16-11-15(6-7-17(16)24)28-19(30)18-8-5-14(23)12-26-18/h5-8,11-12H,9-10,13H2,1-4H3,(H2,25,29)(H,28,30)/t22-,33-/m0/s1. The highest BCUT2D eigenvalue weighted by atomic mass is 35.5. The number of hydrogen-bond donors (Lipinski definition) is 2. The van der Waals surface area contributed by atoms with E-state index in [1.54, 1.807) is 26.8 Å². The highest BCUT2D eigenvalue weighted by Gasteiger charge is 2.48. The van der Waals surface area contributed by atoms with Crippen molar-refractivity contribution < 1.29 is 18.1 Å². The van der Waals surface area contributed by atoms with Crippen LogP contribution < -0.4 is 11.1 Å². The van der Waals surface area contributed by atoms with Gasteiger partial charge in [-0.25, -0.2) is 17.9 Å². The maximum Gasteiger partial charge on any atom is 0.274 e. The molecule has 0 fully saturated rings. The van der Waals surface area contributed by atoms with Crippen LogP contribution in [0.1, 0.15) is 36.8 Å². The van der Waals surface area contributed by atoms with Gasteiger partial charge in [0.1, 0.15) is 27.6 Å². The number of anilines is 1. The molecule has 2 atom stereocenters. The second kappa shape index (κ2) is 9.36. The number of amides is 1. The lowest BCUT2D eigenvalue weighted by Gasteiger charge is -2.40. The SMILES string of the molecule is COCCN=[S@]1(=O)C[C@@](C)(c2cc(NC(=O)c3ccc(Cl)cn3)ccc2F)N=C(N)C1(C)C. The summed E-state index contributed by atoms with van der Waals surface area (Å²) < 4.78 is 37.4. The molecular formula is C22H27ClFN5O3S. The van der Waals surface area contributed by atoms with Gasteiger partial charge in [0.25, 0.3) is 5.91 Å². The molecule has 1 aromatic heterocycles. The van der Waals surface area contributed by atoms with Crippen LogP contribution in [-0.4, -0.2) is 51.7 Å². The molecule has 33 heavy (non-hydrogen) atoms. The summed E-state index contributed by atoms with van der Waals surface area (Å²) in [5.41, 5.74) is 5.61. The molecule has 3 rings (SSSR count). The van der Waals surface area contributed by atoms with Crippen LogP contribution in [0.5, 0.6) is 0 Å². The normalized spacial score (nSPS) is 24.1. The molecule has 1 aromatic carbocycles. The summed E-state index contributed by atoms with van der Waals surface area (Å²) in [6.07, 6.45) is 1.36. The average Bonchev–Trinajstić information content (AvgIpc) is 2.74. The number of rotatable bonds is 6. The Hall–Kier alpha value is -2.56. The number of aliphatic imine (C=N–C) groups is 1. The van der Waals surface area contributed by atoms with Gasteiger partial charge >= 0.3 is 0 Å². The maximum atomic E-state index is 15.0. The molecule has 0 unspecified atom stereocenters. The third-order valence-electron chi connectivity index (χ3n) is 5.62. The van der Waals surface area contributed by atoms with Crippen molar-refractivity contribution in [3.63, 3.8) is 0 Å². The van der Waals surface area contributed by atoms with Crippen LogP contribution in [0.2, 0.25) is 5.02 Å². The molecule has 0 saturated heterocycles. The van der Waals surface area contributed by atoms with Crippen LogP contribution in [0.25, 0.3) is 0 Å². The minimum atomic E-state index is -2.93. The molecule has 3 N–H and O–H groups in total. The zero-order valence-electron chi connectivity index (χ0n) is 18.9. The van der Waals surface area contributed by atoms with Gasteiger partial charge in [-0.15, -0.1) is 0 Å². The number of benzene rings is 1. The number of halogens is 2. The number of aromatic nitrogens is 1. The predicted molar refractivity (Wildman–Crippen MR) is 129 cm³/mol. The van der Waals surface area contributed by atoms with Crippen LogP contribution in [0.3, 0.4) is 0 Å². The van der Waals surface area contributed by atoms with Gasteiger partial charge < -0.3 is 15.8 Å². The van der Waals surface area contributed by atoms with Crippen molar-refractivity contribution in [3.05, 3.63) is 58.6 Å². The lowest BCUT2D eigenvalue weighted by Crippen LogP contribution is -2.55. The summed E-state index contributed by atoms with van der Waals surface area (Å²) in [5, 5.41) is 3.09. The fraction of sp³-hybridized carbons (Fsp3) is 0.409. The number of methoxy groups -OCH3 is 1. The summed E-state index contributed by atoms with van der Waals surface area (Å²) in [4.78, 5) is 21.1. The summed E-state index contributed by atoms with van der Waals surface area (Å²) in [7, 11) is -1.40. The zero-order valence-corrected chi connectivity index (χ0v) is 20.5. The second-order valence-corrected chi connectivity index (χ2v) is 11.7. The molecule has 8 nitrogen and oxygen atoms in total. The number of nitrogens with two attached hydrogens (primary N) is 1. The van der Waals surface area contributed by atoms with Crippen molar-refractivity contribution in [3.8, 4) is 0 Å². The average molecular weight is 496 g/mol. The second-order valence-electron chi connectivity index (χ2n) is 8.42. The van der Waals surface area contributed by atoms with Crippen LogP contribution in [0.4, 0.5) is 10.1 Å². The number of ether oxygens (including phenoxy) is 1. The van der Waals surface area contributed by atoms with E-state index in [0.29, 0.717) is 17.3 Å². The van der Waals surface area contributed by atoms with Crippen molar-refractivity contribution in [1.82, 2.24) is 4.98 Å². The van der Waals surface area contributed by atoms with E-state index >= 15 is 0 Å². The van der Waals surface area contributed by atoms with E-state index in [1.165, 1.54) is 37.6 Å². The molecule has 1 aliphatic heterocycles. The Labute approximate surface area is 198 Å². The first-order chi connectivity index (χ1) is 15.4. The third-order valence-corrected chi connectivity index (χ3v) is 9.20. The molecule has 0 radical (unpaired) electrons. The Balaban J connectivity index is 2.00. The van der Waals surface area contributed by atoms with Gasteiger partial charge in [0.05, 0.1) is 33.7 Å². The van der Waals surface area contributed by atoms with Crippen molar-refractivity contribution in [2.75, 3.05) is 31.3 Å². The molecule has 0 bridgehead atoms. The Morgan fingerprint density at radius 2 is 2.06 bits per heavy atom. The molecule has 1 aliphatic rings. The number of nitrogens with one attached hydrogen (secondary N) is 1. The molecule has 11 heteroatoms. The lowest BCUT2D eigenvalue weighted by molar-refractivity contribution is 0.102. The number of amidine groups is 1. The van der Waals surface area contributed by atoms with E-state index in [4.69, 9.17) is 22.1 Å². The minimum absolute atomic E-state index is 0.0372. The van der Waals surface area contributed by atoms with E-state index in [0.717, 1.165) is 0 Å². The molecule has 0 aliphatic carbocycles. The van der Waals surface area contributed by atoms with Gasteiger partial charge in [0.15, 0.2) is 0 Å². The number of nitrogens with zero attached hydrogens (tertiary/aromatic N) is 3. The van der Waals surface area contributed by atoms with E-state index in [9.17, 15) is 13.4 Å². The van der Waals surface area contributed by atoms with Crippen molar-refractivity contribution in [2.45, 2.75) is 31.1 Å². The number of hydrogen-bond acceptors (Lipinski definition) is 7. The molecule has 178 valence electrons. The molecule has 2 aromatic rings. The summed E-state index contributed by atoms with van der Waals surface area (Å²) >= 11 is 5.81. The van der Waals surface area contributed by atoms with E-state index in [1.807, 2.05) is 0 Å². The van der Waals surface area contributed by atoms with Crippen molar-refractivity contribution in [2.24, 2.45) is 15.1 Å². The topological polar surface area (TPSA) is 119 Å². The van der Waals surface area contributed by atoms with Gasteiger partial charge in [0, 0.05) is 24.6 Å². The fourth-order valence-electron chi connectivity index (χ4n) is 3.50. The molecular weight excluding hydrogens is 469 g/mol. The summed E-state index contributed by atoms with van der Waals surface area (Å²) in [6, 6.07) is 7.14. The molecule has 0 saturated carbocycles. The van der Waals surface area contributed by atoms with Gasteiger partial charge in [-0.3, -0.25) is 9.79 Å². The monoisotopic (exact) mass is 495 g/mol. The van der Waals surface area contributed by atoms with Crippen molar-refractivity contribution in [1.29, 1.82) is 0 Å². The first-order valence-electron chi connectivity index (χ1n) is 10.2. The Kier molecular flexibility index (Phi) is 7.11. The van der Waals surface area contributed by atoms with Gasteiger partial charge in [-0.2, -0.15) is 0 Å². The highest BCUT2D eigenvalue weighted by Crippen LogP contribution is 2.39. The Morgan fingerprint density at radius 1 is 1.33 bits per heavy atom. The highest BCUT2D eigenvalue weighted by molar-refractivity contribution is 7.95. The molecule has 1 amide bonds. The lowest BCUT2D eigenvalue weighted by atomic mass is 9.92. The smallest absolute Gasteiger partial charge is 0.274 e. The molecule has 2 heterocycles. The Bertz CT molecular complexity index is 1210. The van der Waals surface area contributed by atoms with Gasteiger partial charge in [-0.1, -0.05) is 11.6 Å². The minimum Gasteiger partial charge on any atom is -0.386 e. The van der Waals surface area contributed by atoms with Gasteiger partial charge in [0.2, 0.25) is 0 Å². The number of carbonyl (C=O) groups excluding carboxylic acids is 1. The zero-order chi connectivity index (χ0) is 24.4. The summed E-state index contributed by atoms with van der Waals surface area (Å²) in [5.74, 6) is -0.957. The molecule has 0 spiro atoms. The largest absolute Gasteiger partial charge is 0.386 e.